The van der Waals surface area contributed by atoms with Gasteiger partial charge in [-0.25, -0.2) is 4.98 Å². The van der Waals surface area contributed by atoms with Gasteiger partial charge < -0.3 is 5.32 Å². The van der Waals surface area contributed by atoms with Gasteiger partial charge in [-0.05, 0) is 36.3 Å². The van der Waals surface area contributed by atoms with Crippen LogP contribution in [0.5, 0.6) is 0 Å². The molecule has 0 saturated heterocycles. The van der Waals surface area contributed by atoms with Crippen LogP contribution in [0.3, 0.4) is 0 Å². The maximum absolute atomic E-state index is 4.83. The molecule has 0 amide bonds. The second kappa shape index (κ2) is 5.45. The van der Waals surface area contributed by atoms with E-state index in [1.165, 1.54) is 22.5 Å². The first-order chi connectivity index (χ1) is 9.57. The maximum Gasteiger partial charge on any atom is 0.0944 e. The van der Waals surface area contributed by atoms with Gasteiger partial charge in [0.05, 0.1) is 15.2 Å². The fraction of sp³-hybridized carbons (Fsp3) is 0.588. The van der Waals surface area contributed by atoms with Crippen molar-refractivity contribution in [1.82, 2.24) is 10.3 Å². The van der Waals surface area contributed by atoms with Crippen molar-refractivity contribution in [3.8, 4) is 0 Å². The first kappa shape index (κ1) is 14.0. The lowest BCUT2D eigenvalue weighted by Crippen LogP contribution is -2.38. The quantitative estimate of drug-likeness (QED) is 0.859. The van der Waals surface area contributed by atoms with Gasteiger partial charge in [-0.2, -0.15) is 0 Å². The standard InChI is InChI=1S/C17H24N2S/c1-12(2)18-11-17(3,13-8-9-13)10-16-19-14-6-4-5-7-15(14)20-16/h4-7,12-13,18H,8-11H2,1-3H3. The van der Waals surface area contributed by atoms with Crippen molar-refractivity contribution in [2.75, 3.05) is 6.54 Å². The summed E-state index contributed by atoms with van der Waals surface area (Å²) in [5.41, 5.74) is 1.51. The monoisotopic (exact) mass is 288 g/mol. The molecule has 1 heterocycles. The number of fused-ring (bicyclic) bond motifs is 1. The normalized spacial score (nSPS) is 18.6. The van der Waals surface area contributed by atoms with Crippen molar-refractivity contribution in [3.63, 3.8) is 0 Å². The zero-order valence-corrected chi connectivity index (χ0v) is 13.5. The van der Waals surface area contributed by atoms with Crippen LogP contribution >= 0.6 is 11.3 Å². The molecule has 1 unspecified atom stereocenters. The number of rotatable bonds is 6. The van der Waals surface area contributed by atoms with Crippen molar-refractivity contribution in [2.45, 2.75) is 46.1 Å². The zero-order chi connectivity index (χ0) is 14.2. The number of nitrogens with one attached hydrogen (secondary N) is 1. The Morgan fingerprint density at radius 1 is 1.35 bits per heavy atom. The first-order valence-electron chi connectivity index (χ1n) is 7.65. The molecule has 20 heavy (non-hydrogen) atoms. The topological polar surface area (TPSA) is 24.9 Å². The number of nitrogens with zero attached hydrogens (tertiary/aromatic N) is 1. The summed E-state index contributed by atoms with van der Waals surface area (Å²) in [6.45, 7) is 7.99. The molecule has 3 heteroatoms. The maximum atomic E-state index is 4.83. The Bertz CT molecular complexity index is 552. The number of benzene rings is 1. The summed E-state index contributed by atoms with van der Waals surface area (Å²) in [5.74, 6) is 0.876. The highest BCUT2D eigenvalue weighted by atomic mass is 32.1. The number of aromatic nitrogens is 1. The molecule has 1 atom stereocenters. The summed E-state index contributed by atoms with van der Waals surface area (Å²) in [7, 11) is 0. The third-order valence-corrected chi connectivity index (χ3v) is 5.41. The van der Waals surface area contributed by atoms with Crippen molar-refractivity contribution >= 4 is 21.6 Å². The Morgan fingerprint density at radius 2 is 2.10 bits per heavy atom. The fourth-order valence-electron chi connectivity index (χ4n) is 2.91. The van der Waals surface area contributed by atoms with E-state index in [0.29, 0.717) is 11.5 Å². The van der Waals surface area contributed by atoms with Crippen LogP contribution in [0.1, 0.15) is 38.6 Å². The molecule has 1 aromatic heterocycles. The van der Waals surface area contributed by atoms with Crippen molar-refractivity contribution in [2.24, 2.45) is 11.3 Å². The van der Waals surface area contributed by atoms with Crippen LogP contribution in [-0.2, 0) is 6.42 Å². The van der Waals surface area contributed by atoms with E-state index >= 15 is 0 Å². The predicted octanol–water partition coefficient (Wildman–Crippen LogP) is 4.25. The molecule has 1 saturated carbocycles. The lowest BCUT2D eigenvalue weighted by molar-refractivity contribution is 0.248. The average molecular weight is 288 g/mol. The van der Waals surface area contributed by atoms with Gasteiger partial charge in [0.25, 0.3) is 0 Å². The highest BCUT2D eigenvalue weighted by molar-refractivity contribution is 7.18. The molecule has 1 aliphatic carbocycles. The molecule has 0 aliphatic heterocycles. The van der Waals surface area contributed by atoms with Crippen LogP contribution in [0.25, 0.3) is 10.2 Å². The van der Waals surface area contributed by atoms with Crippen LogP contribution in [0.2, 0.25) is 0 Å². The van der Waals surface area contributed by atoms with Crippen molar-refractivity contribution in [1.29, 1.82) is 0 Å². The molecule has 1 N–H and O–H groups in total. The fourth-order valence-corrected chi connectivity index (χ4v) is 4.07. The predicted molar refractivity (Wildman–Crippen MR) is 87.3 cm³/mol. The van der Waals surface area contributed by atoms with Gasteiger partial charge in [0.15, 0.2) is 0 Å². The third-order valence-electron chi connectivity index (χ3n) is 4.37. The van der Waals surface area contributed by atoms with Crippen LogP contribution in [-0.4, -0.2) is 17.6 Å². The third kappa shape index (κ3) is 3.04. The first-order valence-corrected chi connectivity index (χ1v) is 8.46. The second-order valence-electron chi connectivity index (χ2n) is 6.72. The molecular weight excluding hydrogens is 264 g/mol. The Kier molecular flexibility index (Phi) is 3.83. The van der Waals surface area contributed by atoms with Gasteiger partial charge in [0.1, 0.15) is 0 Å². The number of para-hydroxylation sites is 1. The summed E-state index contributed by atoms with van der Waals surface area (Å²) < 4.78 is 1.32. The molecule has 3 rings (SSSR count). The molecule has 2 nitrogen and oxygen atoms in total. The number of hydrogen-bond donors (Lipinski definition) is 1. The van der Waals surface area contributed by atoms with Gasteiger partial charge in [-0.3, -0.25) is 0 Å². The minimum atomic E-state index is 0.359. The van der Waals surface area contributed by atoms with E-state index in [4.69, 9.17) is 4.98 Å². The highest BCUT2D eigenvalue weighted by Gasteiger charge is 2.41. The second-order valence-corrected chi connectivity index (χ2v) is 7.83. The van der Waals surface area contributed by atoms with E-state index in [1.807, 2.05) is 11.3 Å². The summed E-state index contributed by atoms with van der Waals surface area (Å²) in [6, 6.07) is 9.04. The Labute approximate surface area is 125 Å². The summed E-state index contributed by atoms with van der Waals surface area (Å²) >= 11 is 1.86. The molecule has 0 spiro atoms. The van der Waals surface area contributed by atoms with Crippen molar-refractivity contribution in [3.05, 3.63) is 29.3 Å². The van der Waals surface area contributed by atoms with E-state index in [0.717, 1.165) is 24.4 Å². The molecule has 1 aromatic carbocycles. The highest BCUT2D eigenvalue weighted by Crippen LogP contribution is 2.47. The van der Waals surface area contributed by atoms with Gasteiger partial charge in [0.2, 0.25) is 0 Å². The minimum absolute atomic E-state index is 0.359. The van der Waals surface area contributed by atoms with E-state index in [1.54, 1.807) is 0 Å². The Balaban J connectivity index is 1.78. The molecule has 1 aliphatic rings. The van der Waals surface area contributed by atoms with Gasteiger partial charge in [0, 0.05) is 19.0 Å². The number of thiazole rings is 1. The Morgan fingerprint density at radius 3 is 2.75 bits per heavy atom. The lowest BCUT2D eigenvalue weighted by atomic mass is 9.81. The zero-order valence-electron chi connectivity index (χ0n) is 12.6. The molecule has 108 valence electrons. The van der Waals surface area contributed by atoms with Gasteiger partial charge in [-0.1, -0.05) is 32.9 Å². The van der Waals surface area contributed by atoms with Crippen LogP contribution in [0.15, 0.2) is 24.3 Å². The SMILES string of the molecule is CC(C)NCC(C)(Cc1nc2ccccc2s1)C1CC1. The lowest BCUT2D eigenvalue weighted by Gasteiger charge is -2.30. The van der Waals surface area contributed by atoms with E-state index in [2.05, 4.69) is 50.4 Å². The summed E-state index contributed by atoms with van der Waals surface area (Å²) in [6.07, 6.45) is 3.89. The molecular formula is C17H24N2S. The minimum Gasteiger partial charge on any atom is -0.314 e. The molecule has 2 aromatic rings. The van der Waals surface area contributed by atoms with Crippen LogP contribution in [0, 0.1) is 11.3 Å². The summed E-state index contributed by atoms with van der Waals surface area (Å²) in [5, 5.41) is 4.94. The van der Waals surface area contributed by atoms with Gasteiger partial charge >= 0.3 is 0 Å². The molecule has 1 fully saturated rings. The molecule has 0 radical (unpaired) electrons. The summed E-state index contributed by atoms with van der Waals surface area (Å²) in [4.78, 5) is 4.83. The van der Waals surface area contributed by atoms with Crippen LogP contribution < -0.4 is 5.32 Å². The number of hydrogen-bond acceptors (Lipinski definition) is 3. The van der Waals surface area contributed by atoms with E-state index < -0.39 is 0 Å². The van der Waals surface area contributed by atoms with Crippen LogP contribution in [0.4, 0.5) is 0 Å². The Hall–Kier alpha value is -0.930. The van der Waals surface area contributed by atoms with Gasteiger partial charge in [-0.15, -0.1) is 11.3 Å². The molecule has 0 bridgehead atoms. The van der Waals surface area contributed by atoms with Crippen molar-refractivity contribution < 1.29 is 0 Å². The average Bonchev–Trinajstić information content (AvgIpc) is 3.18. The van der Waals surface area contributed by atoms with E-state index in [9.17, 15) is 0 Å². The largest absolute Gasteiger partial charge is 0.314 e. The smallest absolute Gasteiger partial charge is 0.0944 e. The van der Waals surface area contributed by atoms with E-state index in [-0.39, 0.29) is 0 Å².